The van der Waals surface area contributed by atoms with Crippen LogP contribution in [-0.4, -0.2) is 27.6 Å². The summed E-state index contributed by atoms with van der Waals surface area (Å²) in [5, 5.41) is 19.8. The standard InChI is InChI=1S/C23H22ClF3O4/c1-14(11-19(29)30)9-10-22(31)16(12-17(28)13-21(22,2)3)8-7-15-5-4-6-18(20(15)24)23(25,26)27/h4-12,31H,13H2,1-3H3,(H,29,30)/b8-7+,10-9+,14-11-/t22-/m1/s1. The summed E-state index contributed by atoms with van der Waals surface area (Å²) in [6.45, 7) is 4.88. The monoisotopic (exact) mass is 454 g/mol. The van der Waals surface area contributed by atoms with Crippen LogP contribution in [0.15, 0.2) is 59.7 Å². The average molecular weight is 455 g/mol. The van der Waals surface area contributed by atoms with Gasteiger partial charge in [0.2, 0.25) is 0 Å². The average Bonchev–Trinajstić information content (AvgIpc) is 2.61. The van der Waals surface area contributed by atoms with E-state index in [1.165, 1.54) is 49.4 Å². The number of carbonyl (C=O) groups excluding carboxylic acids is 1. The number of halogens is 4. The molecule has 4 nitrogen and oxygen atoms in total. The SMILES string of the molecule is CC(=C/C(=O)O)/C=C/[C@@]1(O)C(/C=C/c2cccc(C(F)(F)F)c2Cl)=CC(=O)CC1(C)C. The number of carboxylic acid groups (broad SMARTS) is 1. The first kappa shape index (κ1) is 24.6. The van der Waals surface area contributed by atoms with Crippen molar-refractivity contribution in [3.63, 3.8) is 0 Å². The van der Waals surface area contributed by atoms with E-state index in [-0.39, 0.29) is 23.3 Å². The highest BCUT2D eigenvalue weighted by molar-refractivity contribution is 6.33. The fraction of sp³-hybridized carbons (Fsp3) is 0.304. The van der Waals surface area contributed by atoms with Crippen molar-refractivity contribution in [1.29, 1.82) is 0 Å². The van der Waals surface area contributed by atoms with E-state index in [0.717, 1.165) is 12.1 Å². The minimum atomic E-state index is -4.62. The number of allylic oxidation sites excluding steroid dienone is 3. The van der Waals surface area contributed by atoms with Crippen molar-refractivity contribution in [2.75, 3.05) is 0 Å². The first-order valence-corrected chi connectivity index (χ1v) is 9.67. The minimum absolute atomic E-state index is 0.0250. The topological polar surface area (TPSA) is 74.6 Å². The molecule has 2 rings (SSSR count). The van der Waals surface area contributed by atoms with Crippen LogP contribution in [0.1, 0.15) is 38.3 Å². The fourth-order valence-corrected chi connectivity index (χ4v) is 3.66. The molecular formula is C23H22ClF3O4. The van der Waals surface area contributed by atoms with E-state index in [9.17, 15) is 27.9 Å². The van der Waals surface area contributed by atoms with Crippen molar-refractivity contribution >= 4 is 29.4 Å². The number of ketones is 1. The Kier molecular flexibility index (Phi) is 7.03. The van der Waals surface area contributed by atoms with Gasteiger partial charge in [-0.2, -0.15) is 13.2 Å². The van der Waals surface area contributed by atoms with Gasteiger partial charge in [-0.25, -0.2) is 4.79 Å². The lowest BCUT2D eigenvalue weighted by molar-refractivity contribution is -0.137. The van der Waals surface area contributed by atoms with Crippen molar-refractivity contribution in [3.05, 3.63) is 75.9 Å². The summed E-state index contributed by atoms with van der Waals surface area (Å²) in [6, 6.07) is 3.47. The van der Waals surface area contributed by atoms with E-state index in [1.54, 1.807) is 13.8 Å². The number of rotatable bonds is 5. The van der Waals surface area contributed by atoms with Crippen LogP contribution in [0.4, 0.5) is 13.2 Å². The first-order chi connectivity index (χ1) is 14.2. The molecule has 0 radical (unpaired) electrons. The molecule has 0 bridgehead atoms. The zero-order valence-electron chi connectivity index (χ0n) is 17.1. The predicted octanol–water partition coefficient (Wildman–Crippen LogP) is 5.62. The predicted molar refractivity (Wildman–Crippen MR) is 112 cm³/mol. The van der Waals surface area contributed by atoms with Crippen LogP contribution in [-0.2, 0) is 15.8 Å². The maximum absolute atomic E-state index is 13.1. The van der Waals surface area contributed by atoms with E-state index in [0.29, 0.717) is 5.57 Å². The van der Waals surface area contributed by atoms with Crippen molar-refractivity contribution in [1.82, 2.24) is 0 Å². The quantitative estimate of drug-likeness (QED) is 0.447. The van der Waals surface area contributed by atoms with Crippen LogP contribution in [0.25, 0.3) is 6.08 Å². The molecule has 0 fully saturated rings. The third-order valence-electron chi connectivity index (χ3n) is 5.12. The van der Waals surface area contributed by atoms with Gasteiger partial charge in [0.05, 0.1) is 10.6 Å². The highest BCUT2D eigenvalue weighted by Crippen LogP contribution is 2.45. The molecule has 1 aliphatic carbocycles. The molecule has 8 heteroatoms. The van der Waals surface area contributed by atoms with Gasteiger partial charge in [0.25, 0.3) is 0 Å². The third kappa shape index (κ3) is 5.54. The van der Waals surface area contributed by atoms with Gasteiger partial charge in [0.1, 0.15) is 5.60 Å². The second kappa shape index (κ2) is 8.85. The maximum atomic E-state index is 13.1. The van der Waals surface area contributed by atoms with Gasteiger partial charge in [0, 0.05) is 17.9 Å². The van der Waals surface area contributed by atoms with Crippen LogP contribution in [0.2, 0.25) is 5.02 Å². The van der Waals surface area contributed by atoms with E-state index in [2.05, 4.69) is 0 Å². The third-order valence-corrected chi connectivity index (χ3v) is 5.54. The molecule has 31 heavy (non-hydrogen) atoms. The van der Waals surface area contributed by atoms with Gasteiger partial charge in [-0.3, -0.25) is 4.79 Å². The molecule has 0 aromatic heterocycles. The maximum Gasteiger partial charge on any atom is 0.417 e. The second-order valence-electron chi connectivity index (χ2n) is 7.99. The summed E-state index contributed by atoms with van der Waals surface area (Å²) in [5.74, 6) is -1.40. The molecule has 0 spiro atoms. The molecule has 166 valence electrons. The van der Waals surface area contributed by atoms with E-state index in [1.807, 2.05) is 0 Å². The summed E-state index contributed by atoms with van der Waals surface area (Å²) >= 11 is 5.92. The van der Waals surface area contributed by atoms with Crippen LogP contribution in [0.3, 0.4) is 0 Å². The highest BCUT2D eigenvalue weighted by atomic mass is 35.5. The lowest BCUT2D eigenvalue weighted by Crippen LogP contribution is -2.48. The number of carboxylic acids is 1. The van der Waals surface area contributed by atoms with Crippen molar-refractivity contribution in [2.45, 2.75) is 39.0 Å². The molecule has 2 N–H and O–H groups in total. The summed E-state index contributed by atoms with van der Waals surface area (Å²) in [7, 11) is 0. The summed E-state index contributed by atoms with van der Waals surface area (Å²) in [4.78, 5) is 23.0. The molecule has 0 amide bonds. The first-order valence-electron chi connectivity index (χ1n) is 9.29. The summed E-state index contributed by atoms with van der Waals surface area (Å²) in [5.41, 5.74) is -3.05. The molecule has 1 aromatic carbocycles. The van der Waals surface area contributed by atoms with Gasteiger partial charge >= 0.3 is 12.1 Å². The largest absolute Gasteiger partial charge is 0.478 e. The summed E-state index contributed by atoms with van der Waals surface area (Å²) in [6.07, 6.45) is 3.05. The zero-order chi connectivity index (χ0) is 23.6. The van der Waals surface area contributed by atoms with E-state index >= 15 is 0 Å². The van der Waals surface area contributed by atoms with Crippen LogP contribution >= 0.6 is 11.6 Å². The molecule has 0 unspecified atom stereocenters. The number of alkyl halides is 3. The molecule has 0 aliphatic heterocycles. The number of hydrogen-bond acceptors (Lipinski definition) is 3. The van der Waals surface area contributed by atoms with E-state index in [4.69, 9.17) is 16.7 Å². The smallest absolute Gasteiger partial charge is 0.417 e. The van der Waals surface area contributed by atoms with Crippen LogP contribution in [0, 0.1) is 5.41 Å². The van der Waals surface area contributed by atoms with Gasteiger partial charge < -0.3 is 10.2 Å². The Morgan fingerprint density at radius 3 is 2.45 bits per heavy atom. The van der Waals surface area contributed by atoms with Crippen LogP contribution < -0.4 is 0 Å². The molecule has 0 heterocycles. The molecule has 1 atom stereocenters. The number of benzene rings is 1. The normalized spacial score (nSPS) is 22.3. The Morgan fingerprint density at radius 2 is 1.87 bits per heavy atom. The Balaban J connectivity index is 2.53. The lowest BCUT2D eigenvalue weighted by Gasteiger charge is -2.44. The van der Waals surface area contributed by atoms with Gasteiger partial charge in [0.15, 0.2) is 5.78 Å². The Labute approximate surface area is 183 Å². The number of hydrogen-bond donors (Lipinski definition) is 2. The van der Waals surface area contributed by atoms with Gasteiger partial charge in [-0.05, 0) is 41.9 Å². The molecule has 0 saturated carbocycles. The van der Waals surface area contributed by atoms with E-state index < -0.39 is 33.7 Å². The Hall–Kier alpha value is -2.64. The zero-order valence-corrected chi connectivity index (χ0v) is 17.9. The molecule has 1 aliphatic rings. The van der Waals surface area contributed by atoms with Crippen molar-refractivity contribution < 1.29 is 33.0 Å². The molecule has 1 aromatic rings. The van der Waals surface area contributed by atoms with Crippen molar-refractivity contribution in [2.24, 2.45) is 5.41 Å². The number of aliphatic carboxylic acids is 1. The van der Waals surface area contributed by atoms with Crippen molar-refractivity contribution in [3.8, 4) is 0 Å². The van der Waals surface area contributed by atoms with Gasteiger partial charge in [-0.15, -0.1) is 0 Å². The Morgan fingerprint density at radius 1 is 1.23 bits per heavy atom. The fourth-order valence-electron chi connectivity index (χ4n) is 3.36. The Bertz CT molecular complexity index is 1020. The van der Waals surface area contributed by atoms with Crippen LogP contribution in [0.5, 0.6) is 0 Å². The highest BCUT2D eigenvalue weighted by Gasteiger charge is 2.47. The lowest BCUT2D eigenvalue weighted by atomic mass is 9.64. The van der Waals surface area contributed by atoms with Gasteiger partial charge in [-0.1, -0.05) is 55.8 Å². The minimum Gasteiger partial charge on any atom is -0.478 e. The number of carbonyl (C=O) groups is 2. The second-order valence-corrected chi connectivity index (χ2v) is 8.37. The summed E-state index contributed by atoms with van der Waals surface area (Å²) < 4.78 is 39.3. The molecular weight excluding hydrogens is 433 g/mol. The number of aliphatic hydroxyl groups is 1. The molecule has 0 saturated heterocycles.